The summed E-state index contributed by atoms with van der Waals surface area (Å²) < 4.78 is 6.93. The number of furan rings is 1. The molecule has 0 saturated heterocycles. The van der Waals surface area contributed by atoms with E-state index in [1.165, 1.54) is 0 Å². The SMILES string of the molecule is Nc1cc(-c2ccco2)nn1-c1ccncc1. The van der Waals surface area contributed by atoms with Crippen molar-refractivity contribution in [3.8, 4) is 17.1 Å². The zero-order valence-corrected chi connectivity index (χ0v) is 8.95. The number of rotatable bonds is 2. The quantitative estimate of drug-likeness (QED) is 0.726. The number of nitrogen functional groups attached to an aromatic ring is 1. The zero-order chi connectivity index (χ0) is 11.7. The van der Waals surface area contributed by atoms with Crippen LogP contribution in [0.2, 0.25) is 0 Å². The van der Waals surface area contributed by atoms with Crippen LogP contribution in [0, 0.1) is 0 Å². The van der Waals surface area contributed by atoms with Crippen molar-refractivity contribution in [3.63, 3.8) is 0 Å². The predicted molar refractivity (Wildman–Crippen MR) is 63.5 cm³/mol. The summed E-state index contributed by atoms with van der Waals surface area (Å²) in [5, 5.41) is 4.39. The molecule has 0 aliphatic heterocycles. The minimum absolute atomic E-state index is 0.558. The third-order valence-electron chi connectivity index (χ3n) is 2.42. The Kier molecular flexibility index (Phi) is 2.15. The smallest absolute Gasteiger partial charge is 0.154 e. The largest absolute Gasteiger partial charge is 0.463 e. The average Bonchev–Trinajstić information content (AvgIpc) is 2.99. The highest BCUT2D eigenvalue weighted by Crippen LogP contribution is 2.22. The van der Waals surface area contributed by atoms with Crippen LogP contribution in [0.5, 0.6) is 0 Å². The Labute approximate surface area is 97.5 Å². The van der Waals surface area contributed by atoms with E-state index in [9.17, 15) is 0 Å². The molecule has 0 aliphatic carbocycles. The minimum Gasteiger partial charge on any atom is -0.463 e. The van der Waals surface area contributed by atoms with Gasteiger partial charge in [-0.3, -0.25) is 4.98 Å². The lowest BCUT2D eigenvalue weighted by Gasteiger charge is -2.01. The zero-order valence-electron chi connectivity index (χ0n) is 8.95. The van der Waals surface area contributed by atoms with Gasteiger partial charge in [-0.1, -0.05) is 0 Å². The molecular formula is C12H10N4O. The second kappa shape index (κ2) is 3.79. The molecule has 0 aliphatic rings. The van der Waals surface area contributed by atoms with Gasteiger partial charge in [0, 0.05) is 18.5 Å². The number of nitrogens with two attached hydrogens (primary N) is 1. The molecule has 0 spiro atoms. The van der Waals surface area contributed by atoms with Crippen LogP contribution >= 0.6 is 0 Å². The Morgan fingerprint density at radius 3 is 2.71 bits per heavy atom. The molecule has 3 heterocycles. The van der Waals surface area contributed by atoms with Crippen molar-refractivity contribution in [1.82, 2.24) is 14.8 Å². The van der Waals surface area contributed by atoms with Crippen LogP contribution in [0.1, 0.15) is 0 Å². The lowest BCUT2D eigenvalue weighted by Crippen LogP contribution is -2.01. The van der Waals surface area contributed by atoms with Gasteiger partial charge in [0.2, 0.25) is 0 Å². The fourth-order valence-electron chi connectivity index (χ4n) is 1.63. The predicted octanol–water partition coefficient (Wildman–Crippen LogP) is 2.11. The molecule has 0 atom stereocenters. The van der Waals surface area contributed by atoms with Crippen LogP contribution in [-0.2, 0) is 0 Å². The summed E-state index contributed by atoms with van der Waals surface area (Å²) in [6.45, 7) is 0. The van der Waals surface area contributed by atoms with Gasteiger partial charge in [0.05, 0.1) is 12.0 Å². The van der Waals surface area contributed by atoms with E-state index >= 15 is 0 Å². The van der Waals surface area contributed by atoms with E-state index in [0.29, 0.717) is 17.3 Å². The fourth-order valence-corrected chi connectivity index (χ4v) is 1.63. The molecule has 0 amide bonds. The van der Waals surface area contributed by atoms with E-state index in [0.717, 1.165) is 5.69 Å². The standard InChI is InChI=1S/C12H10N4O/c13-12-8-10(11-2-1-7-17-11)15-16(12)9-3-5-14-6-4-9/h1-8H,13H2. The van der Waals surface area contributed by atoms with Gasteiger partial charge in [-0.05, 0) is 24.3 Å². The van der Waals surface area contributed by atoms with Crippen LogP contribution < -0.4 is 5.73 Å². The lowest BCUT2D eigenvalue weighted by atomic mass is 10.3. The van der Waals surface area contributed by atoms with Crippen LogP contribution in [0.3, 0.4) is 0 Å². The van der Waals surface area contributed by atoms with E-state index < -0.39 is 0 Å². The van der Waals surface area contributed by atoms with Gasteiger partial charge >= 0.3 is 0 Å². The van der Waals surface area contributed by atoms with Gasteiger partial charge in [-0.25, -0.2) is 4.68 Å². The van der Waals surface area contributed by atoms with E-state index in [-0.39, 0.29) is 0 Å². The second-order valence-corrected chi connectivity index (χ2v) is 3.55. The maximum Gasteiger partial charge on any atom is 0.154 e. The molecule has 0 unspecified atom stereocenters. The van der Waals surface area contributed by atoms with Crippen LogP contribution in [0.25, 0.3) is 17.1 Å². The first kappa shape index (κ1) is 9.65. The lowest BCUT2D eigenvalue weighted by molar-refractivity contribution is 0.579. The van der Waals surface area contributed by atoms with Gasteiger partial charge in [0.1, 0.15) is 11.5 Å². The van der Waals surface area contributed by atoms with Crippen LogP contribution in [0.4, 0.5) is 5.82 Å². The van der Waals surface area contributed by atoms with Gasteiger partial charge in [-0.15, -0.1) is 0 Å². The number of hydrogen-bond donors (Lipinski definition) is 1. The number of pyridine rings is 1. The summed E-state index contributed by atoms with van der Waals surface area (Å²) in [6, 6.07) is 9.12. The van der Waals surface area contributed by atoms with Gasteiger partial charge < -0.3 is 10.2 Å². The van der Waals surface area contributed by atoms with E-state index in [1.807, 2.05) is 24.3 Å². The summed E-state index contributed by atoms with van der Waals surface area (Å²) in [4.78, 5) is 3.96. The third-order valence-corrected chi connectivity index (χ3v) is 2.42. The Balaban J connectivity index is 2.08. The molecule has 0 radical (unpaired) electrons. The molecule has 5 nitrogen and oxygen atoms in total. The van der Waals surface area contributed by atoms with Crippen molar-refractivity contribution >= 4 is 5.82 Å². The number of aromatic nitrogens is 3. The van der Waals surface area contributed by atoms with Crippen LogP contribution in [-0.4, -0.2) is 14.8 Å². The number of hydrogen-bond acceptors (Lipinski definition) is 4. The average molecular weight is 226 g/mol. The molecule has 3 rings (SSSR count). The summed E-state index contributed by atoms with van der Waals surface area (Å²) in [5.74, 6) is 1.26. The van der Waals surface area contributed by atoms with Gasteiger partial charge in [-0.2, -0.15) is 5.10 Å². The monoisotopic (exact) mass is 226 g/mol. The first-order valence-electron chi connectivity index (χ1n) is 5.14. The van der Waals surface area contributed by atoms with Crippen molar-refractivity contribution in [1.29, 1.82) is 0 Å². The molecule has 2 N–H and O–H groups in total. The third kappa shape index (κ3) is 1.67. The highest BCUT2D eigenvalue weighted by Gasteiger charge is 2.10. The normalized spacial score (nSPS) is 10.6. The Hall–Kier alpha value is -2.56. The van der Waals surface area contributed by atoms with E-state index in [1.54, 1.807) is 29.4 Å². The molecule has 0 aromatic carbocycles. The molecule has 0 saturated carbocycles. The first-order chi connectivity index (χ1) is 8.34. The summed E-state index contributed by atoms with van der Waals surface area (Å²) >= 11 is 0. The summed E-state index contributed by atoms with van der Waals surface area (Å²) in [6.07, 6.45) is 5.00. The highest BCUT2D eigenvalue weighted by atomic mass is 16.3. The van der Waals surface area contributed by atoms with Crippen molar-refractivity contribution in [2.75, 3.05) is 5.73 Å². The molecule has 0 fully saturated rings. The van der Waals surface area contributed by atoms with Gasteiger partial charge in [0.25, 0.3) is 0 Å². The molecule has 17 heavy (non-hydrogen) atoms. The maximum absolute atomic E-state index is 5.92. The molecule has 3 aromatic heterocycles. The molecule has 0 bridgehead atoms. The highest BCUT2D eigenvalue weighted by molar-refractivity contribution is 5.58. The minimum atomic E-state index is 0.558. The van der Waals surface area contributed by atoms with Crippen LogP contribution in [0.15, 0.2) is 53.4 Å². The Bertz CT molecular complexity index is 613. The van der Waals surface area contributed by atoms with Crippen molar-refractivity contribution in [2.45, 2.75) is 0 Å². The summed E-state index contributed by atoms with van der Waals surface area (Å²) in [7, 11) is 0. The van der Waals surface area contributed by atoms with Crippen molar-refractivity contribution in [3.05, 3.63) is 49.0 Å². The molecular weight excluding hydrogens is 216 g/mol. The van der Waals surface area contributed by atoms with E-state index in [4.69, 9.17) is 10.2 Å². The first-order valence-corrected chi connectivity index (χ1v) is 5.14. The number of nitrogens with zero attached hydrogens (tertiary/aromatic N) is 3. The molecule has 84 valence electrons. The summed E-state index contributed by atoms with van der Waals surface area (Å²) in [5.41, 5.74) is 7.50. The maximum atomic E-state index is 5.92. The molecule has 3 aromatic rings. The van der Waals surface area contributed by atoms with Crippen molar-refractivity contribution in [2.24, 2.45) is 0 Å². The van der Waals surface area contributed by atoms with Crippen molar-refractivity contribution < 1.29 is 4.42 Å². The Morgan fingerprint density at radius 2 is 2.00 bits per heavy atom. The Morgan fingerprint density at radius 1 is 1.18 bits per heavy atom. The van der Waals surface area contributed by atoms with E-state index in [2.05, 4.69) is 10.1 Å². The molecule has 5 heteroatoms. The topological polar surface area (TPSA) is 69.9 Å². The second-order valence-electron chi connectivity index (χ2n) is 3.55. The van der Waals surface area contributed by atoms with Gasteiger partial charge in [0.15, 0.2) is 5.76 Å². The number of anilines is 1. The fraction of sp³-hybridized carbons (Fsp3) is 0.